The SMILES string of the molecule is COc1cccc(-n2ncc(CN)c2-c2ccccc2)c1. The van der Waals surface area contributed by atoms with Gasteiger partial charge in [-0.1, -0.05) is 36.4 Å². The second-order valence-electron chi connectivity index (χ2n) is 4.70. The fourth-order valence-electron chi connectivity index (χ4n) is 2.37. The first-order chi connectivity index (χ1) is 10.3. The molecule has 0 fully saturated rings. The minimum Gasteiger partial charge on any atom is -0.497 e. The standard InChI is InChI=1S/C17H17N3O/c1-21-16-9-5-8-15(10-16)20-17(14(11-18)12-19-20)13-6-3-2-4-7-13/h2-10,12H,11,18H2,1H3. The highest BCUT2D eigenvalue weighted by atomic mass is 16.5. The third-order valence-corrected chi connectivity index (χ3v) is 3.41. The molecule has 2 N–H and O–H groups in total. The minimum atomic E-state index is 0.453. The van der Waals surface area contributed by atoms with Gasteiger partial charge in [0.25, 0.3) is 0 Å². The van der Waals surface area contributed by atoms with Gasteiger partial charge in [-0.3, -0.25) is 0 Å². The number of nitrogens with zero attached hydrogens (tertiary/aromatic N) is 2. The van der Waals surface area contributed by atoms with Crippen molar-refractivity contribution in [1.82, 2.24) is 9.78 Å². The van der Waals surface area contributed by atoms with Crippen LogP contribution in [0.2, 0.25) is 0 Å². The van der Waals surface area contributed by atoms with Crippen LogP contribution < -0.4 is 10.5 Å². The second kappa shape index (κ2) is 5.81. The maximum Gasteiger partial charge on any atom is 0.121 e. The lowest BCUT2D eigenvalue weighted by atomic mass is 10.1. The molecule has 3 aromatic rings. The second-order valence-corrected chi connectivity index (χ2v) is 4.70. The van der Waals surface area contributed by atoms with Crippen LogP contribution in [0.25, 0.3) is 16.9 Å². The minimum absolute atomic E-state index is 0.453. The summed E-state index contributed by atoms with van der Waals surface area (Å²) in [4.78, 5) is 0. The van der Waals surface area contributed by atoms with E-state index >= 15 is 0 Å². The van der Waals surface area contributed by atoms with Crippen molar-refractivity contribution in [2.45, 2.75) is 6.54 Å². The lowest BCUT2D eigenvalue weighted by molar-refractivity contribution is 0.414. The summed E-state index contributed by atoms with van der Waals surface area (Å²) in [6.45, 7) is 0.453. The molecule has 4 heteroatoms. The molecule has 0 amide bonds. The van der Waals surface area contributed by atoms with Crippen LogP contribution in [0.5, 0.6) is 5.75 Å². The molecule has 0 radical (unpaired) electrons. The van der Waals surface area contributed by atoms with E-state index in [1.165, 1.54) is 0 Å². The molecule has 0 bridgehead atoms. The number of rotatable bonds is 4. The van der Waals surface area contributed by atoms with Gasteiger partial charge in [-0.2, -0.15) is 5.10 Å². The van der Waals surface area contributed by atoms with E-state index in [0.29, 0.717) is 6.54 Å². The van der Waals surface area contributed by atoms with Gasteiger partial charge in [-0.15, -0.1) is 0 Å². The third-order valence-electron chi connectivity index (χ3n) is 3.41. The lowest BCUT2D eigenvalue weighted by Gasteiger charge is -2.10. The smallest absolute Gasteiger partial charge is 0.121 e. The number of hydrogen-bond acceptors (Lipinski definition) is 3. The van der Waals surface area contributed by atoms with Gasteiger partial charge >= 0.3 is 0 Å². The average molecular weight is 279 g/mol. The number of hydrogen-bond donors (Lipinski definition) is 1. The van der Waals surface area contributed by atoms with Crippen LogP contribution in [0.4, 0.5) is 0 Å². The zero-order valence-corrected chi connectivity index (χ0v) is 11.9. The van der Waals surface area contributed by atoms with E-state index in [0.717, 1.165) is 28.3 Å². The highest BCUT2D eigenvalue weighted by Crippen LogP contribution is 2.27. The van der Waals surface area contributed by atoms with Crippen LogP contribution in [-0.2, 0) is 6.54 Å². The molecule has 3 rings (SSSR count). The van der Waals surface area contributed by atoms with Crippen molar-refractivity contribution < 1.29 is 4.74 Å². The number of ether oxygens (including phenoxy) is 1. The fourth-order valence-corrected chi connectivity index (χ4v) is 2.37. The molecule has 0 saturated carbocycles. The molecule has 0 aliphatic carbocycles. The highest BCUT2D eigenvalue weighted by Gasteiger charge is 2.13. The van der Waals surface area contributed by atoms with Gasteiger partial charge in [0, 0.05) is 23.7 Å². The summed E-state index contributed by atoms with van der Waals surface area (Å²) in [7, 11) is 1.66. The molecule has 1 heterocycles. The van der Waals surface area contributed by atoms with E-state index in [9.17, 15) is 0 Å². The van der Waals surface area contributed by atoms with E-state index < -0.39 is 0 Å². The molecule has 0 atom stereocenters. The number of methoxy groups -OCH3 is 1. The van der Waals surface area contributed by atoms with Gasteiger partial charge in [0.2, 0.25) is 0 Å². The Hall–Kier alpha value is -2.59. The number of benzene rings is 2. The molecule has 0 saturated heterocycles. The number of nitrogens with two attached hydrogens (primary N) is 1. The van der Waals surface area contributed by atoms with Crippen LogP contribution in [0.3, 0.4) is 0 Å². The predicted molar refractivity (Wildman–Crippen MR) is 83.4 cm³/mol. The van der Waals surface area contributed by atoms with Crippen molar-refractivity contribution in [3.05, 3.63) is 66.4 Å². The van der Waals surface area contributed by atoms with Crippen LogP contribution in [0.15, 0.2) is 60.8 Å². The fraction of sp³-hybridized carbons (Fsp3) is 0.118. The first-order valence-electron chi connectivity index (χ1n) is 6.80. The Labute approximate surface area is 123 Å². The quantitative estimate of drug-likeness (QED) is 0.798. The summed E-state index contributed by atoms with van der Waals surface area (Å²) in [5.41, 5.74) is 9.94. The normalized spacial score (nSPS) is 10.6. The zero-order valence-electron chi connectivity index (χ0n) is 11.9. The highest BCUT2D eigenvalue weighted by molar-refractivity contribution is 5.66. The summed E-state index contributed by atoms with van der Waals surface area (Å²) in [5, 5.41) is 4.49. The zero-order chi connectivity index (χ0) is 14.7. The molecule has 1 aromatic heterocycles. The molecule has 0 aliphatic rings. The Morgan fingerprint density at radius 2 is 1.90 bits per heavy atom. The van der Waals surface area contributed by atoms with Gasteiger partial charge in [0.1, 0.15) is 5.75 Å². The molecular formula is C17H17N3O. The van der Waals surface area contributed by atoms with Crippen molar-refractivity contribution in [3.8, 4) is 22.7 Å². The lowest BCUT2D eigenvalue weighted by Crippen LogP contribution is -2.02. The molecule has 0 aliphatic heterocycles. The van der Waals surface area contributed by atoms with Crippen LogP contribution in [0.1, 0.15) is 5.56 Å². The predicted octanol–water partition coefficient (Wildman–Crippen LogP) is 3.01. The Morgan fingerprint density at radius 1 is 1.10 bits per heavy atom. The van der Waals surface area contributed by atoms with Crippen molar-refractivity contribution in [2.24, 2.45) is 5.73 Å². The van der Waals surface area contributed by atoms with Crippen LogP contribution in [0, 0.1) is 0 Å². The van der Waals surface area contributed by atoms with Crippen molar-refractivity contribution >= 4 is 0 Å². The Kier molecular flexibility index (Phi) is 3.71. The van der Waals surface area contributed by atoms with E-state index in [1.807, 2.05) is 53.3 Å². The van der Waals surface area contributed by atoms with Gasteiger partial charge in [0.05, 0.1) is 24.7 Å². The summed E-state index contributed by atoms with van der Waals surface area (Å²) in [5.74, 6) is 0.802. The molecule has 0 unspecified atom stereocenters. The monoisotopic (exact) mass is 279 g/mol. The van der Waals surface area contributed by atoms with Crippen molar-refractivity contribution in [3.63, 3.8) is 0 Å². The Balaban J connectivity index is 2.17. The molecular weight excluding hydrogens is 262 g/mol. The first kappa shape index (κ1) is 13.4. The summed E-state index contributed by atoms with van der Waals surface area (Å²) in [6.07, 6.45) is 1.82. The Bertz CT molecular complexity index is 735. The molecule has 0 spiro atoms. The van der Waals surface area contributed by atoms with Gasteiger partial charge < -0.3 is 10.5 Å². The summed E-state index contributed by atoms with van der Waals surface area (Å²) < 4.78 is 7.19. The molecule has 4 nitrogen and oxygen atoms in total. The van der Waals surface area contributed by atoms with E-state index in [-0.39, 0.29) is 0 Å². The van der Waals surface area contributed by atoms with Crippen LogP contribution in [-0.4, -0.2) is 16.9 Å². The maximum atomic E-state index is 5.86. The molecule has 2 aromatic carbocycles. The number of aromatic nitrogens is 2. The van der Waals surface area contributed by atoms with E-state index in [1.54, 1.807) is 7.11 Å². The topological polar surface area (TPSA) is 53.1 Å². The van der Waals surface area contributed by atoms with Crippen molar-refractivity contribution in [2.75, 3.05) is 7.11 Å². The Morgan fingerprint density at radius 3 is 2.62 bits per heavy atom. The summed E-state index contributed by atoms with van der Waals surface area (Å²) >= 11 is 0. The maximum absolute atomic E-state index is 5.86. The van der Waals surface area contributed by atoms with Gasteiger partial charge in [-0.05, 0) is 12.1 Å². The molecule has 106 valence electrons. The van der Waals surface area contributed by atoms with Gasteiger partial charge in [0.15, 0.2) is 0 Å². The largest absolute Gasteiger partial charge is 0.497 e. The summed E-state index contributed by atoms with van der Waals surface area (Å²) in [6, 6.07) is 18.0. The van der Waals surface area contributed by atoms with Crippen LogP contribution >= 0.6 is 0 Å². The average Bonchev–Trinajstić information content (AvgIpc) is 2.99. The van der Waals surface area contributed by atoms with E-state index in [4.69, 9.17) is 10.5 Å². The first-order valence-corrected chi connectivity index (χ1v) is 6.80. The van der Waals surface area contributed by atoms with Gasteiger partial charge in [-0.25, -0.2) is 4.68 Å². The third kappa shape index (κ3) is 2.53. The van der Waals surface area contributed by atoms with E-state index in [2.05, 4.69) is 17.2 Å². The van der Waals surface area contributed by atoms with Crippen molar-refractivity contribution in [1.29, 1.82) is 0 Å². The molecule has 21 heavy (non-hydrogen) atoms.